The van der Waals surface area contributed by atoms with E-state index in [2.05, 4.69) is 26.8 Å². The predicted octanol–water partition coefficient (Wildman–Crippen LogP) is 0.827. The van der Waals surface area contributed by atoms with E-state index in [1.807, 2.05) is 28.0 Å². The van der Waals surface area contributed by atoms with Gasteiger partial charge >= 0.3 is 0 Å². The number of carbonyl (C=O) groups excluding carboxylic acids is 2. The molecule has 0 spiro atoms. The normalized spacial score (nSPS) is 18.0. The third-order valence-electron chi connectivity index (χ3n) is 5.56. The molecular formula is C21H26N6O2. The maximum atomic E-state index is 13.0. The zero-order valence-electron chi connectivity index (χ0n) is 16.7. The Labute approximate surface area is 170 Å². The monoisotopic (exact) mass is 394 g/mol. The van der Waals surface area contributed by atoms with Crippen LogP contribution in [-0.2, 0) is 0 Å². The van der Waals surface area contributed by atoms with Crippen LogP contribution in [0.2, 0.25) is 0 Å². The fourth-order valence-corrected chi connectivity index (χ4v) is 3.73. The lowest BCUT2D eigenvalue weighted by Crippen LogP contribution is -2.49. The number of pyridine rings is 2. The van der Waals surface area contributed by atoms with E-state index in [0.29, 0.717) is 37.3 Å². The standard InChI is InChI=1S/C21H26N6O2/c1-24-6-8-26(9-7-24)20(28)17-14-18(16-22-15-17)21(29)27-12-10-25(11-13-27)19-4-2-3-5-23-19/h2-5,14-16H,6-13H2,1H3. The van der Waals surface area contributed by atoms with Gasteiger partial charge in [-0.1, -0.05) is 6.07 Å². The summed E-state index contributed by atoms with van der Waals surface area (Å²) in [5, 5.41) is 0. The number of amides is 2. The van der Waals surface area contributed by atoms with E-state index in [1.165, 1.54) is 0 Å². The van der Waals surface area contributed by atoms with Gasteiger partial charge in [0, 0.05) is 70.9 Å². The van der Waals surface area contributed by atoms with Crippen LogP contribution in [0.15, 0.2) is 42.9 Å². The van der Waals surface area contributed by atoms with E-state index in [0.717, 1.165) is 32.0 Å². The Morgan fingerprint density at radius 3 is 1.97 bits per heavy atom. The first kappa shape index (κ1) is 19.3. The highest BCUT2D eigenvalue weighted by Crippen LogP contribution is 2.15. The number of anilines is 1. The SMILES string of the molecule is CN1CCN(C(=O)c2cncc(C(=O)N3CCN(c4ccccn4)CC3)c2)CC1. The molecular weight excluding hydrogens is 368 g/mol. The quantitative estimate of drug-likeness (QED) is 0.768. The molecule has 4 rings (SSSR count). The van der Waals surface area contributed by atoms with Crippen molar-refractivity contribution in [3.05, 3.63) is 54.0 Å². The Bertz CT molecular complexity index is 858. The van der Waals surface area contributed by atoms with E-state index in [1.54, 1.807) is 24.7 Å². The summed E-state index contributed by atoms with van der Waals surface area (Å²) in [5.41, 5.74) is 0.948. The molecule has 2 saturated heterocycles. The van der Waals surface area contributed by atoms with Gasteiger partial charge < -0.3 is 19.6 Å². The van der Waals surface area contributed by atoms with Gasteiger partial charge in [-0.15, -0.1) is 0 Å². The average Bonchev–Trinajstić information content (AvgIpc) is 2.79. The molecule has 2 amide bonds. The molecule has 0 atom stereocenters. The minimum atomic E-state index is -0.0776. The summed E-state index contributed by atoms with van der Waals surface area (Å²) in [5.74, 6) is 0.799. The summed E-state index contributed by atoms with van der Waals surface area (Å²) in [6, 6.07) is 7.52. The van der Waals surface area contributed by atoms with Gasteiger partial charge in [0.2, 0.25) is 0 Å². The second-order valence-corrected chi connectivity index (χ2v) is 7.52. The van der Waals surface area contributed by atoms with E-state index in [9.17, 15) is 9.59 Å². The molecule has 0 unspecified atom stereocenters. The number of rotatable bonds is 3. The summed E-state index contributed by atoms with van der Waals surface area (Å²) in [6.45, 7) is 5.81. The first-order chi connectivity index (χ1) is 14.1. The van der Waals surface area contributed by atoms with Crippen molar-refractivity contribution in [2.24, 2.45) is 0 Å². The van der Waals surface area contributed by atoms with Crippen molar-refractivity contribution < 1.29 is 9.59 Å². The van der Waals surface area contributed by atoms with Crippen molar-refractivity contribution in [1.29, 1.82) is 0 Å². The smallest absolute Gasteiger partial charge is 0.255 e. The van der Waals surface area contributed by atoms with E-state index >= 15 is 0 Å². The van der Waals surface area contributed by atoms with Crippen LogP contribution in [-0.4, -0.2) is 95.9 Å². The molecule has 8 nitrogen and oxygen atoms in total. The Balaban J connectivity index is 1.39. The summed E-state index contributed by atoms with van der Waals surface area (Å²) >= 11 is 0. The molecule has 2 aliphatic heterocycles. The maximum absolute atomic E-state index is 13.0. The molecule has 8 heteroatoms. The third kappa shape index (κ3) is 4.37. The first-order valence-corrected chi connectivity index (χ1v) is 10.00. The molecule has 2 fully saturated rings. The van der Waals surface area contributed by atoms with Crippen LogP contribution in [0.3, 0.4) is 0 Å². The van der Waals surface area contributed by atoms with Crippen molar-refractivity contribution in [3.63, 3.8) is 0 Å². The van der Waals surface area contributed by atoms with Crippen molar-refractivity contribution in [1.82, 2.24) is 24.7 Å². The zero-order chi connectivity index (χ0) is 20.2. The fourth-order valence-electron chi connectivity index (χ4n) is 3.73. The maximum Gasteiger partial charge on any atom is 0.255 e. The van der Waals surface area contributed by atoms with Crippen molar-refractivity contribution in [2.45, 2.75) is 0 Å². The van der Waals surface area contributed by atoms with Crippen LogP contribution >= 0.6 is 0 Å². The van der Waals surface area contributed by atoms with Crippen LogP contribution in [0.25, 0.3) is 0 Å². The number of nitrogens with zero attached hydrogens (tertiary/aromatic N) is 6. The zero-order valence-corrected chi connectivity index (χ0v) is 16.7. The molecule has 0 aromatic carbocycles. The minimum absolute atomic E-state index is 0.0554. The topological polar surface area (TPSA) is 72.9 Å². The van der Waals surface area contributed by atoms with Crippen LogP contribution in [0.1, 0.15) is 20.7 Å². The van der Waals surface area contributed by atoms with Gasteiger partial charge in [0.15, 0.2) is 0 Å². The van der Waals surface area contributed by atoms with Gasteiger partial charge in [0.25, 0.3) is 11.8 Å². The number of carbonyl (C=O) groups is 2. The fraction of sp³-hybridized carbons (Fsp3) is 0.429. The van der Waals surface area contributed by atoms with Gasteiger partial charge in [0.05, 0.1) is 11.1 Å². The predicted molar refractivity (Wildman–Crippen MR) is 110 cm³/mol. The number of aromatic nitrogens is 2. The van der Waals surface area contributed by atoms with E-state index in [-0.39, 0.29) is 11.8 Å². The summed E-state index contributed by atoms with van der Waals surface area (Å²) in [4.78, 5) is 42.3. The second kappa shape index (κ2) is 8.57. The van der Waals surface area contributed by atoms with Gasteiger partial charge in [-0.2, -0.15) is 0 Å². The molecule has 2 aliphatic rings. The lowest BCUT2D eigenvalue weighted by atomic mass is 10.1. The lowest BCUT2D eigenvalue weighted by molar-refractivity contribution is 0.0663. The molecule has 0 aliphatic carbocycles. The Morgan fingerprint density at radius 2 is 1.41 bits per heavy atom. The average molecular weight is 394 g/mol. The highest BCUT2D eigenvalue weighted by molar-refractivity contribution is 5.99. The molecule has 0 bridgehead atoms. The summed E-state index contributed by atoms with van der Waals surface area (Å²) < 4.78 is 0. The number of hydrogen-bond acceptors (Lipinski definition) is 6. The molecule has 2 aromatic rings. The number of likely N-dealkylation sites (N-methyl/N-ethyl adjacent to an activating group) is 1. The van der Waals surface area contributed by atoms with E-state index in [4.69, 9.17) is 0 Å². The lowest BCUT2D eigenvalue weighted by Gasteiger charge is -2.35. The minimum Gasteiger partial charge on any atom is -0.353 e. The number of hydrogen-bond donors (Lipinski definition) is 0. The van der Waals surface area contributed by atoms with Gasteiger partial charge in [0.1, 0.15) is 5.82 Å². The van der Waals surface area contributed by atoms with Crippen LogP contribution in [0.4, 0.5) is 5.82 Å². The molecule has 29 heavy (non-hydrogen) atoms. The summed E-state index contributed by atoms with van der Waals surface area (Å²) in [7, 11) is 2.05. The highest BCUT2D eigenvalue weighted by atomic mass is 16.2. The van der Waals surface area contributed by atoms with Crippen molar-refractivity contribution >= 4 is 17.6 Å². The molecule has 2 aromatic heterocycles. The second-order valence-electron chi connectivity index (χ2n) is 7.52. The Morgan fingerprint density at radius 1 is 0.828 bits per heavy atom. The first-order valence-electron chi connectivity index (χ1n) is 10.00. The van der Waals surface area contributed by atoms with Crippen LogP contribution in [0.5, 0.6) is 0 Å². The Hall–Kier alpha value is -3.00. The van der Waals surface area contributed by atoms with Crippen molar-refractivity contribution in [3.8, 4) is 0 Å². The van der Waals surface area contributed by atoms with Gasteiger partial charge in [-0.3, -0.25) is 14.6 Å². The molecule has 0 N–H and O–H groups in total. The molecule has 0 saturated carbocycles. The van der Waals surface area contributed by atoms with Crippen molar-refractivity contribution in [2.75, 3.05) is 64.3 Å². The molecule has 0 radical (unpaired) electrons. The number of piperazine rings is 2. The molecule has 4 heterocycles. The van der Waals surface area contributed by atoms with Gasteiger partial charge in [-0.05, 0) is 25.2 Å². The third-order valence-corrected chi connectivity index (χ3v) is 5.56. The van der Waals surface area contributed by atoms with Gasteiger partial charge in [-0.25, -0.2) is 4.98 Å². The largest absolute Gasteiger partial charge is 0.353 e. The van der Waals surface area contributed by atoms with Crippen LogP contribution in [0, 0.1) is 0 Å². The Kier molecular flexibility index (Phi) is 5.71. The highest BCUT2D eigenvalue weighted by Gasteiger charge is 2.25. The molecule has 152 valence electrons. The summed E-state index contributed by atoms with van der Waals surface area (Å²) in [6.07, 6.45) is 4.88. The van der Waals surface area contributed by atoms with E-state index < -0.39 is 0 Å². The van der Waals surface area contributed by atoms with Crippen LogP contribution < -0.4 is 4.90 Å².